The van der Waals surface area contributed by atoms with Crippen LogP contribution in [-0.2, 0) is 27.4 Å². The quantitative estimate of drug-likeness (QED) is 0.114. The van der Waals surface area contributed by atoms with Gasteiger partial charge in [0, 0.05) is 25.2 Å². The topological polar surface area (TPSA) is 92.2 Å². The first-order valence-electron chi connectivity index (χ1n) is 9.25. The van der Waals surface area contributed by atoms with Crippen molar-refractivity contribution in [1.29, 1.82) is 0 Å². The molecule has 0 radical (unpaired) electrons. The predicted octanol–water partition coefficient (Wildman–Crippen LogP) is 3.15. The number of rotatable bonds is 10. The van der Waals surface area contributed by atoms with Crippen LogP contribution in [0.25, 0.3) is 5.53 Å². The summed E-state index contributed by atoms with van der Waals surface area (Å²) in [6.07, 6.45) is 1.71. The Balaban J connectivity index is 2.24. The van der Waals surface area contributed by atoms with Gasteiger partial charge in [-0.15, -0.1) is 6.58 Å². The number of carbonyl (C=O) groups is 2. The molecule has 0 atom stereocenters. The van der Waals surface area contributed by atoms with E-state index in [-0.39, 0.29) is 18.9 Å². The predicted molar refractivity (Wildman–Crippen MR) is 108 cm³/mol. The molecule has 0 heterocycles. The van der Waals surface area contributed by atoms with E-state index >= 15 is 0 Å². The second-order valence-corrected chi connectivity index (χ2v) is 6.25. The molecule has 30 heavy (non-hydrogen) atoms. The maximum atomic E-state index is 13.9. The average Bonchev–Trinajstić information content (AvgIpc) is 2.72. The minimum absolute atomic E-state index is 0.0110. The summed E-state index contributed by atoms with van der Waals surface area (Å²) in [5, 5.41) is 0. The van der Waals surface area contributed by atoms with Crippen LogP contribution in [0.2, 0.25) is 0 Å². The van der Waals surface area contributed by atoms with Gasteiger partial charge in [0.25, 0.3) is 0 Å². The normalized spacial score (nSPS) is 10.2. The highest BCUT2D eigenvalue weighted by molar-refractivity contribution is 6.60. The molecule has 0 aromatic heterocycles. The lowest BCUT2D eigenvalue weighted by molar-refractivity contribution is -0.145. The fraction of sp³-hybridized carbons (Fsp3) is 0.227. The first-order valence-corrected chi connectivity index (χ1v) is 9.25. The molecule has 0 spiro atoms. The minimum Gasteiger partial charge on any atom is -0.457 e. The van der Waals surface area contributed by atoms with Crippen molar-refractivity contribution in [3.05, 3.63) is 83.7 Å². The van der Waals surface area contributed by atoms with Crippen LogP contribution in [0.1, 0.15) is 18.1 Å². The summed E-state index contributed by atoms with van der Waals surface area (Å²) in [5.41, 5.74) is 9.49. The summed E-state index contributed by atoms with van der Waals surface area (Å²) >= 11 is 0. The van der Waals surface area contributed by atoms with Crippen molar-refractivity contribution in [2.24, 2.45) is 0 Å². The molecule has 0 saturated heterocycles. The molecule has 156 valence electrons. The summed E-state index contributed by atoms with van der Waals surface area (Å²) in [6.45, 7) is 6.58. The summed E-state index contributed by atoms with van der Waals surface area (Å²) in [6, 6.07) is 13.3. The van der Waals surface area contributed by atoms with Crippen LogP contribution in [0.4, 0.5) is 4.39 Å². The second kappa shape index (κ2) is 11.4. The van der Waals surface area contributed by atoms with Crippen LogP contribution < -0.4 is 4.74 Å². The van der Waals surface area contributed by atoms with Gasteiger partial charge in [-0.25, -0.2) is 14.0 Å². The van der Waals surface area contributed by atoms with E-state index in [9.17, 15) is 14.0 Å². The SMILES string of the molecule is C=CCN(Cc1ccccc1)Cc1cc(F)ccc1OC(=O)C(=[N+]=[N-])C(=O)OCC. The molecule has 0 saturated carbocycles. The van der Waals surface area contributed by atoms with Crippen LogP contribution in [0.5, 0.6) is 5.75 Å². The lowest BCUT2D eigenvalue weighted by Crippen LogP contribution is -2.31. The molecule has 2 rings (SSSR count). The minimum atomic E-state index is -1.21. The van der Waals surface area contributed by atoms with Crippen molar-refractivity contribution in [2.45, 2.75) is 20.0 Å². The summed E-state index contributed by atoms with van der Waals surface area (Å²) in [5.74, 6) is -2.80. The van der Waals surface area contributed by atoms with Crippen molar-refractivity contribution in [1.82, 2.24) is 4.90 Å². The van der Waals surface area contributed by atoms with Crippen LogP contribution >= 0.6 is 0 Å². The number of hydrogen-bond donors (Lipinski definition) is 0. The molecular weight excluding hydrogens is 389 g/mol. The van der Waals surface area contributed by atoms with Crippen LogP contribution in [0, 0.1) is 5.82 Å². The largest absolute Gasteiger partial charge is 0.483 e. The lowest BCUT2D eigenvalue weighted by atomic mass is 10.1. The van der Waals surface area contributed by atoms with Gasteiger partial charge in [-0.2, -0.15) is 4.79 Å². The summed E-state index contributed by atoms with van der Waals surface area (Å²) in [7, 11) is 0. The highest BCUT2D eigenvalue weighted by Crippen LogP contribution is 2.23. The van der Waals surface area contributed by atoms with Crippen molar-refractivity contribution < 1.29 is 28.2 Å². The van der Waals surface area contributed by atoms with Gasteiger partial charge >= 0.3 is 17.7 Å². The number of nitrogens with zero attached hydrogens (tertiary/aromatic N) is 3. The molecule has 0 fully saturated rings. The van der Waals surface area contributed by atoms with E-state index < -0.39 is 23.5 Å². The summed E-state index contributed by atoms with van der Waals surface area (Å²) < 4.78 is 23.7. The van der Waals surface area contributed by atoms with E-state index in [0.717, 1.165) is 11.6 Å². The molecule has 0 aliphatic heterocycles. The van der Waals surface area contributed by atoms with E-state index in [1.54, 1.807) is 6.08 Å². The van der Waals surface area contributed by atoms with E-state index in [0.29, 0.717) is 18.7 Å². The first kappa shape index (κ1) is 22.7. The molecule has 0 amide bonds. The average molecular weight is 411 g/mol. The lowest BCUT2D eigenvalue weighted by Gasteiger charge is -2.22. The standard InChI is InChI=1S/C22H22FN3O4/c1-3-12-26(14-16-8-6-5-7-9-16)15-17-13-18(23)10-11-19(17)30-22(28)20(25-24)21(27)29-4-2/h3,5-11,13H,1,4,12,14-15H2,2H3. The van der Waals surface area contributed by atoms with E-state index in [1.807, 2.05) is 35.2 Å². The van der Waals surface area contributed by atoms with Crippen LogP contribution in [0.15, 0.2) is 61.2 Å². The molecule has 0 aliphatic rings. The first-order chi connectivity index (χ1) is 14.5. The molecule has 2 aromatic rings. The molecule has 0 aliphatic carbocycles. The number of ether oxygens (including phenoxy) is 2. The molecule has 7 nitrogen and oxygen atoms in total. The smallest absolute Gasteiger partial charge is 0.457 e. The van der Waals surface area contributed by atoms with Crippen LogP contribution in [0.3, 0.4) is 0 Å². The maximum Gasteiger partial charge on any atom is 0.483 e. The van der Waals surface area contributed by atoms with E-state index in [4.69, 9.17) is 10.3 Å². The van der Waals surface area contributed by atoms with Crippen molar-refractivity contribution in [3.63, 3.8) is 0 Å². The Kier molecular flexibility index (Phi) is 8.62. The second-order valence-electron chi connectivity index (χ2n) is 6.25. The Morgan fingerprint density at radius 2 is 1.90 bits per heavy atom. The fourth-order valence-electron chi connectivity index (χ4n) is 2.73. The van der Waals surface area contributed by atoms with Gasteiger partial charge in [-0.1, -0.05) is 36.4 Å². The Hall–Kier alpha value is -3.61. The fourth-order valence-corrected chi connectivity index (χ4v) is 2.73. The van der Waals surface area contributed by atoms with Gasteiger partial charge in [-0.3, -0.25) is 4.90 Å². The van der Waals surface area contributed by atoms with Gasteiger partial charge in [0.2, 0.25) is 0 Å². The van der Waals surface area contributed by atoms with Gasteiger partial charge in [0.05, 0.1) is 6.61 Å². The zero-order valence-corrected chi connectivity index (χ0v) is 16.6. The van der Waals surface area contributed by atoms with Crippen molar-refractivity contribution in [2.75, 3.05) is 13.2 Å². The highest BCUT2D eigenvalue weighted by atomic mass is 19.1. The van der Waals surface area contributed by atoms with Gasteiger partial charge in [0.15, 0.2) is 0 Å². The number of benzene rings is 2. The number of halogens is 1. The van der Waals surface area contributed by atoms with Gasteiger partial charge < -0.3 is 15.0 Å². The molecule has 0 unspecified atom stereocenters. The zero-order valence-electron chi connectivity index (χ0n) is 16.6. The molecule has 8 heteroatoms. The highest BCUT2D eigenvalue weighted by Gasteiger charge is 2.34. The van der Waals surface area contributed by atoms with Gasteiger partial charge in [0.1, 0.15) is 11.6 Å². The molecular formula is C22H22FN3O4. The molecule has 2 aromatic carbocycles. The third-order valence-electron chi connectivity index (χ3n) is 4.02. The Morgan fingerprint density at radius 1 is 1.17 bits per heavy atom. The molecule has 0 N–H and O–H groups in total. The molecule has 0 bridgehead atoms. The van der Waals surface area contributed by atoms with Gasteiger partial charge in [-0.05, 0) is 30.7 Å². The van der Waals surface area contributed by atoms with E-state index in [1.165, 1.54) is 19.1 Å². The van der Waals surface area contributed by atoms with Crippen LogP contribution in [-0.4, -0.2) is 40.5 Å². The number of carbonyl (C=O) groups excluding carboxylic acids is 2. The Bertz CT molecular complexity index is 956. The Labute approximate surface area is 174 Å². The number of hydrogen-bond acceptors (Lipinski definition) is 5. The third kappa shape index (κ3) is 6.48. The maximum absolute atomic E-state index is 13.9. The van der Waals surface area contributed by atoms with Crippen molar-refractivity contribution >= 4 is 17.7 Å². The monoisotopic (exact) mass is 411 g/mol. The third-order valence-corrected chi connectivity index (χ3v) is 4.02. The Morgan fingerprint density at radius 3 is 2.53 bits per heavy atom. The summed E-state index contributed by atoms with van der Waals surface area (Å²) in [4.78, 5) is 28.6. The zero-order chi connectivity index (χ0) is 21.9. The number of esters is 2. The van der Waals surface area contributed by atoms with E-state index in [2.05, 4.69) is 16.1 Å². The van der Waals surface area contributed by atoms with Crippen molar-refractivity contribution in [3.8, 4) is 5.75 Å².